The van der Waals surface area contributed by atoms with Crippen LogP contribution in [0, 0.1) is 17.8 Å². The number of primary amides is 1. The highest BCUT2D eigenvalue weighted by Crippen LogP contribution is 2.14. The van der Waals surface area contributed by atoms with Gasteiger partial charge in [0.1, 0.15) is 72.5 Å². The lowest BCUT2D eigenvalue weighted by atomic mass is 10.0. The number of aromatic nitrogens is 2. The van der Waals surface area contributed by atoms with Crippen LogP contribution >= 0.6 is 0 Å². The topological polar surface area (TPSA) is 696 Å². The van der Waals surface area contributed by atoms with E-state index in [1.54, 1.807) is 27.7 Å². The van der Waals surface area contributed by atoms with Crippen LogP contribution in [-0.2, 0) is 83.1 Å². The van der Waals surface area contributed by atoms with Crippen molar-refractivity contribution >= 4 is 101 Å². The summed E-state index contributed by atoms with van der Waals surface area (Å²) in [6.45, 7) is 13.8. The SMILES string of the molecule is C.CC(C)C[C@H](NC(=O)[C@H](C)NC(=O)[C@H](CC(=O)O)NC(=O)[C@@H](NC(=O)[C@@H](NC(=O)[C@H](CCC(=O)O)NC(=O)[C@H](CCC(N)=O)NC(=O)[C@H](CCCN=C(N)N)NC(=O)[C@H](Cc1cnc[nH]1)NC(=O)[C@H](CC(C)C)NC(=O)[C@H](C)NC(=O)[C@H](CCCCN)NC(=O)[C@@H](N)CCCCN)[C@@H](C)O)C(C)C)C(=O)O. The number of nitrogens with one attached hydrogen (secondary N) is 13. The number of H-pyrrole nitrogens is 1. The number of guanidine groups is 1. The van der Waals surface area contributed by atoms with Crippen LogP contribution in [0.15, 0.2) is 17.5 Å². The van der Waals surface area contributed by atoms with Gasteiger partial charge in [-0.25, -0.2) is 9.78 Å². The number of unbranched alkanes of at least 4 members (excludes halogenated alkanes) is 2. The van der Waals surface area contributed by atoms with Crippen molar-refractivity contribution in [2.75, 3.05) is 19.6 Å². The van der Waals surface area contributed by atoms with Crippen LogP contribution in [0.3, 0.4) is 0 Å². The van der Waals surface area contributed by atoms with Gasteiger partial charge in [-0.05, 0) is 122 Å². The van der Waals surface area contributed by atoms with Crippen LogP contribution in [0.25, 0.3) is 0 Å². The lowest BCUT2D eigenvalue weighted by Crippen LogP contribution is -2.62. The molecule has 41 heteroatoms. The van der Waals surface area contributed by atoms with Gasteiger partial charge in [0.05, 0.1) is 24.9 Å². The second kappa shape index (κ2) is 50.4. The average Bonchev–Trinajstić information content (AvgIpc) is 1.03. The summed E-state index contributed by atoms with van der Waals surface area (Å²) in [4.78, 5) is 226. The van der Waals surface area contributed by atoms with Crippen LogP contribution in [0.2, 0.25) is 0 Å². The molecule has 29 N–H and O–H groups in total. The third kappa shape index (κ3) is 38.6. The van der Waals surface area contributed by atoms with E-state index < -0.39 is 217 Å². The predicted octanol–water partition coefficient (Wildman–Crippen LogP) is -6.10. The van der Waals surface area contributed by atoms with Gasteiger partial charge in [0.2, 0.25) is 76.8 Å². The summed E-state index contributed by atoms with van der Waals surface area (Å²) in [7, 11) is 0. The molecule has 0 spiro atoms. The van der Waals surface area contributed by atoms with Crippen molar-refractivity contribution in [1.29, 1.82) is 0 Å². The van der Waals surface area contributed by atoms with Gasteiger partial charge < -0.3 is 124 Å². The maximum Gasteiger partial charge on any atom is 0.326 e. The van der Waals surface area contributed by atoms with Crippen molar-refractivity contribution < 1.29 is 97.1 Å². The Morgan fingerprint density at radius 2 is 0.850 bits per heavy atom. The number of aliphatic carboxylic acids is 3. The first-order chi connectivity index (χ1) is 49.6. The van der Waals surface area contributed by atoms with Crippen LogP contribution in [-0.4, -0.2) is 235 Å². The number of nitrogens with two attached hydrogens (primary N) is 6. The fourth-order valence-electron chi connectivity index (χ4n) is 10.3. The van der Waals surface area contributed by atoms with Crippen LogP contribution in [0.5, 0.6) is 0 Å². The Labute approximate surface area is 621 Å². The van der Waals surface area contributed by atoms with E-state index in [0.717, 1.165) is 6.92 Å². The summed E-state index contributed by atoms with van der Waals surface area (Å²) < 4.78 is 0. The third-order valence-corrected chi connectivity index (χ3v) is 16.2. The number of carbonyl (C=O) groups excluding carboxylic acids is 13. The molecule has 1 heterocycles. The number of hydrogen-bond acceptors (Lipinski definition) is 22. The number of hydrogen-bond donors (Lipinski definition) is 23. The Kier molecular flexibility index (Phi) is 45.6. The number of carboxylic acids is 3. The van der Waals surface area contributed by atoms with E-state index in [4.69, 9.17) is 34.4 Å². The zero-order valence-electron chi connectivity index (χ0n) is 61.6. The molecule has 14 atom stereocenters. The van der Waals surface area contributed by atoms with Crippen molar-refractivity contribution in [2.45, 2.75) is 257 Å². The van der Waals surface area contributed by atoms with Gasteiger partial charge in [-0.15, -0.1) is 0 Å². The van der Waals surface area contributed by atoms with Gasteiger partial charge in [0, 0.05) is 37.7 Å². The summed E-state index contributed by atoms with van der Waals surface area (Å²) >= 11 is 0. The Morgan fingerprint density at radius 3 is 1.31 bits per heavy atom. The summed E-state index contributed by atoms with van der Waals surface area (Å²) in [5.41, 5.74) is 34.2. The summed E-state index contributed by atoms with van der Waals surface area (Å²) in [5, 5.41) is 68.8. The Bertz CT molecular complexity index is 3130. The first-order valence-corrected chi connectivity index (χ1v) is 35.1. The van der Waals surface area contributed by atoms with Gasteiger partial charge in [0.15, 0.2) is 5.96 Å². The number of aliphatic hydroxyl groups excluding tert-OH is 1. The van der Waals surface area contributed by atoms with E-state index in [9.17, 15) is 97.1 Å². The number of carbonyl (C=O) groups is 16. The zero-order valence-corrected chi connectivity index (χ0v) is 61.6. The molecular formula is C66H117N21O20. The van der Waals surface area contributed by atoms with Crippen molar-refractivity contribution in [3.8, 4) is 0 Å². The van der Waals surface area contributed by atoms with E-state index in [0.29, 0.717) is 45.2 Å². The number of imidazole rings is 1. The summed E-state index contributed by atoms with van der Waals surface area (Å²) in [6.07, 6.45) is -1.22. The number of amides is 13. The minimum Gasteiger partial charge on any atom is -0.481 e. The highest BCUT2D eigenvalue weighted by atomic mass is 16.4. The first kappa shape index (κ1) is 96.8. The molecule has 1 rings (SSSR count). The molecule has 0 aliphatic rings. The number of aromatic amines is 1. The second-order valence-corrected chi connectivity index (χ2v) is 26.9. The molecule has 0 aliphatic heterocycles. The molecule has 13 amide bonds. The molecular weight excluding hydrogens is 1410 g/mol. The molecule has 0 bridgehead atoms. The maximum atomic E-state index is 14.7. The standard InChI is InChI=1S/C65H113N21O20.CH4/c1-31(2)25-43(81-52(93)34(7)75-55(96)39(16-11-13-23-67)77-54(95)38(68)15-10-12-22-66)60(101)82-44(27-37-29-72-30-74-37)61(102)78-40(17-14-24-73-65(70)71)56(97)79-41(18-20-47(69)88)57(98)80-42(19-21-48(89)90)58(99)86-51(36(9)87)63(104)85-50(33(5)6)62(103)83-45(28-49(91)92)59(100)76-35(8)53(94)84-46(64(105)106)26-32(3)4;/h29-36,38-46,50-51,87H,10-28,66-68H2,1-9H3,(H2,69,88)(H,72,74)(H,75,96)(H,76,100)(H,77,95)(H,78,102)(H,79,97)(H,80,98)(H,81,93)(H,82,101)(H,83,103)(H,84,94)(H,85,104)(H,86,99)(H,89,90)(H,91,92)(H,105,106)(H4,70,71,73);1H4/t34-,35-,36+,38-,39-,40-,41-,42-,43-,44-,45-,46-,50-,51-;/m0./s1. The maximum absolute atomic E-state index is 14.7. The van der Waals surface area contributed by atoms with Crippen LogP contribution in [0.4, 0.5) is 0 Å². The van der Waals surface area contributed by atoms with Gasteiger partial charge >= 0.3 is 17.9 Å². The Hall–Kier alpha value is -10.2. The number of carboxylic acid groups (broad SMARTS) is 3. The van der Waals surface area contributed by atoms with Crippen molar-refractivity contribution in [3.05, 3.63) is 18.2 Å². The fourth-order valence-corrected chi connectivity index (χ4v) is 10.3. The van der Waals surface area contributed by atoms with E-state index in [1.165, 1.54) is 40.2 Å². The van der Waals surface area contributed by atoms with Crippen LogP contribution < -0.4 is 98.2 Å². The highest BCUT2D eigenvalue weighted by molar-refractivity contribution is 6.00. The van der Waals surface area contributed by atoms with Gasteiger partial charge in [0.25, 0.3) is 0 Å². The molecule has 0 aliphatic carbocycles. The number of aliphatic imine (C=N–C) groups is 1. The average molecular weight is 1520 g/mol. The molecule has 0 saturated heterocycles. The van der Waals surface area contributed by atoms with Gasteiger partial charge in [-0.1, -0.05) is 55.4 Å². The molecule has 0 radical (unpaired) electrons. The van der Waals surface area contributed by atoms with E-state index in [2.05, 4.69) is 78.8 Å². The van der Waals surface area contributed by atoms with E-state index >= 15 is 0 Å². The van der Waals surface area contributed by atoms with Gasteiger partial charge in [-0.3, -0.25) is 76.9 Å². The monoisotopic (exact) mass is 1520 g/mol. The first-order valence-electron chi connectivity index (χ1n) is 35.1. The molecule has 41 nitrogen and oxygen atoms in total. The molecule has 0 unspecified atom stereocenters. The molecule has 606 valence electrons. The largest absolute Gasteiger partial charge is 0.481 e. The number of aliphatic hydroxyl groups is 1. The minimum absolute atomic E-state index is 0. The molecule has 1 aromatic heterocycles. The molecule has 0 saturated carbocycles. The summed E-state index contributed by atoms with van der Waals surface area (Å²) in [5.74, 6) is -19.6. The Balaban J connectivity index is 0.000112. The zero-order chi connectivity index (χ0) is 80.7. The highest BCUT2D eigenvalue weighted by Gasteiger charge is 2.39. The number of nitrogens with zero attached hydrogens (tertiary/aromatic N) is 2. The van der Waals surface area contributed by atoms with E-state index in [-0.39, 0.29) is 76.0 Å². The van der Waals surface area contributed by atoms with Crippen molar-refractivity contribution in [1.82, 2.24) is 73.8 Å². The lowest BCUT2D eigenvalue weighted by Gasteiger charge is -2.29. The third-order valence-electron chi connectivity index (χ3n) is 16.2. The van der Waals surface area contributed by atoms with Gasteiger partial charge in [-0.2, -0.15) is 0 Å². The second-order valence-electron chi connectivity index (χ2n) is 26.9. The normalized spacial score (nSPS) is 15.0. The Morgan fingerprint density at radius 1 is 0.449 bits per heavy atom. The quantitative estimate of drug-likeness (QED) is 0.0164. The van der Waals surface area contributed by atoms with Crippen LogP contribution in [0.1, 0.15) is 172 Å². The van der Waals surface area contributed by atoms with E-state index in [1.807, 2.05) is 0 Å². The van der Waals surface area contributed by atoms with Crippen molar-refractivity contribution in [3.63, 3.8) is 0 Å². The smallest absolute Gasteiger partial charge is 0.326 e. The molecule has 0 aromatic carbocycles. The minimum atomic E-state index is -2.03. The lowest BCUT2D eigenvalue weighted by molar-refractivity contribution is -0.143. The molecule has 107 heavy (non-hydrogen) atoms. The predicted molar refractivity (Wildman–Crippen MR) is 388 cm³/mol. The number of rotatable bonds is 53. The molecule has 0 fully saturated rings. The van der Waals surface area contributed by atoms with Crippen molar-refractivity contribution in [2.24, 2.45) is 57.1 Å². The fraction of sp³-hybridized carbons (Fsp3) is 0.697. The summed E-state index contributed by atoms with van der Waals surface area (Å²) in [6, 6.07) is -20.2. The molecule has 1 aromatic rings.